The smallest absolute Gasteiger partial charge is 0.481 e. The van der Waals surface area contributed by atoms with Gasteiger partial charge in [0.1, 0.15) is 5.41 Å². The molecule has 0 saturated carbocycles. The van der Waals surface area contributed by atoms with E-state index in [9.17, 15) is 33.0 Å². The van der Waals surface area contributed by atoms with Crippen LogP contribution < -0.4 is 0 Å². The third kappa shape index (κ3) is 4.00. The number of rotatable bonds is 8. The molecule has 10 heteroatoms. The van der Waals surface area contributed by atoms with Crippen molar-refractivity contribution in [3.63, 3.8) is 0 Å². The molecule has 0 aromatic carbocycles. The Morgan fingerprint density at radius 2 is 1.90 bits per heavy atom. The first kappa shape index (κ1) is 22.1. The van der Waals surface area contributed by atoms with Crippen LogP contribution in [0.3, 0.4) is 0 Å². The van der Waals surface area contributed by atoms with Crippen LogP contribution in [0.5, 0.6) is 0 Å². The van der Waals surface area contributed by atoms with Crippen molar-refractivity contribution in [2.75, 3.05) is 0 Å². The summed E-state index contributed by atoms with van der Waals surface area (Å²) < 4.78 is 39.8. The Morgan fingerprint density at radius 1 is 1.23 bits per heavy atom. The van der Waals surface area contributed by atoms with Gasteiger partial charge in [0.15, 0.2) is 5.69 Å². The van der Waals surface area contributed by atoms with Crippen molar-refractivity contribution >= 4 is 23.3 Å². The van der Waals surface area contributed by atoms with Crippen LogP contribution >= 0.6 is 11.3 Å². The van der Waals surface area contributed by atoms with Gasteiger partial charge in [0.25, 0.3) is 0 Å². The molecule has 0 radical (unpaired) electrons. The number of carboxylic acid groups (broad SMARTS) is 2. The molecule has 2 heterocycles. The lowest BCUT2D eigenvalue weighted by atomic mass is 9.84. The normalized spacial score (nSPS) is 15.6. The first-order chi connectivity index (χ1) is 14.1. The molecule has 0 aliphatic heterocycles. The van der Waals surface area contributed by atoms with E-state index in [-0.39, 0.29) is 28.8 Å². The number of unbranched alkanes of at least 4 members (excludes halogenated alkanes) is 1. The molecule has 1 aliphatic rings. The van der Waals surface area contributed by atoms with E-state index < -0.39 is 29.3 Å². The molecule has 0 amide bonds. The fourth-order valence-electron chi connectivity index (χ4n) is 3.67. The third-order valence-corrected chi connectivity index (χ3v) is 6.56. The van der Waals surface area contributed by atoms with Gasteiger partial charge < -0.3 is 10.2 Å². The molecule has 3 rings (SSSR count). The number of nitrogens with zero attached hydrogens (tertiary/aromatic N) is 2. The molecular weight excluding hydrogens is 421 g/mol. The lowest BCUT2D eigenvalue weighted by molar-refractivity contribution is -0.213. The second-order valence-corrected chi connectivity index (χ2v) is 8.44. The van der Waals surface area contributed by atoms with Crippen LogP contribution in [0.4, 0.5) is 13.2 Å². The van der Waals surface area contributed by atoms with Crippen molar-refractivity contribution in [3.8, 4) is 0 Å². The molecule has 2 aromatic rings. The van der Waals surface area contributed by atoms with Crippen molar-refractivity contribution < 1.29 is 33.0 Å². The van der Waals surface area contributed by atoms with Gasteiger partial charge in [-0.2, -0.15) is 9.78 Å². The molecular formula is C20H21F3N2O4S. The predicted octanol–water partition coefficient (Wildman–Crippen LogP) is 4.72. The van der Waals surface area contributed by atoms with Gasteiger partial charge in [0, 0.05) is 21.7 Å². The van der Waals surface area contributed by atoms with Crippen molar-refractivity contribution in [3.05, 3.63) is 51.0 Å². The summed E-state index contributed by atoms with van der Waals surface area (Å²) in [6.07, 6.45) is 0.811. The number of hydrogen-bond donors (Lipinski definition) is 2. The summed E-state index contributed by atoms with van der Waals surface area (Å²) in [5.41, 5.74) is -1.83. The van der Waals surface area contributed by atoms with E-state index in [1.807, 2.05) is 6.92 Å². The Balaban J connectivity index is 2.02. The Bertz CT molecular complexity index is 983. The predicted molar refractivity (Wildman–Crippen MR) is 104 cm³/mol. The van der Waals surface area contributed by atoms with Crippen LogP contribution in [0.2, 0.25) is 0 Å². The van der Waals surface area contributed by atoms with Crippen molar-refractivity contribution in [1.29, 1.82) is 0 Å². The van der Waals surface area contributed by atoms with E-state index in [2.05, 4.69) is 5.10 Å². The highest BCUT2D eigenvalue weighted by Crippen LogP contribution is 2.41. The van der Waals surface area contributed by atoms with Crippen LogP contribution in [-0.2, 0) is 29.4 Å². The van der Waals surface area contributed by atoms with Gasteiger partial charge in [-0.3, -0.25) is 4.79 Å². The minimum atomic E-state index is -4.95. The van der Waals surface area contributed by atoms with Crippen LogP contribution in [0.25, 0.3) is 0 Å². The summed E-state index contributed by atoms with van der Waals surface area (Å²) in [6.45, 7) is 1.88. The summed E-state index contributed by atoms with van der Waals surface area (Å²) in [7, 11) is 0. The standard InChI is InChI=1S/C20H21F3N2O4S/c1-2-3-6-14-13(16(17(26)27)25(24-14)20(21,22)23)11-12-7-8-15(30-12)19(18(28)29)9-4-5-10-19/h4-5,7-8H,2-3,6,9-11H2,1H3,(H,26,27)(H,28,29). The van der Waals surface area contributed by atoms with Gasteiger partial charge in [0.2, 0.25) is 0 Å². The number of thiophene rings is 1. The van der Waals surface area contributed by atoms with Crippen molar-refractivity contribution in [1.82, 2.24) is 9.78 Å². The number of carboxylic acids is 2. The lowest BCUT2D eigenvalue weighted by Crippen LogP contribution is -2.31. The van der Waals surface area contributed by atoms with Gasteiger partial charge in [-0.15, -0.1) is 24.5 Å². The average molecular weight is 442 g/mol. The summed E-state index contributed by atoms with van der Waals surface area (Å²) in [4.78, 5) is 24.7. The van der Waals surface area contributed by atoms with E-state index in [4.69, 9.17) is 0 Å². The zero-order chi connectivity index (χ0) is 22.1. The van der Waals surface area contributed by atoms with Gasteiger partial charge >= 0.3 is 18.2 Å². The maximum absolute atomic E-state index is 13.4. The number of allylic oxidation sites excluding steroid dienone is 2. The summed E-state index contributed by atoms with van der Waals surface area (Å²) >= 11 is 1.19. The zero-order valence-corrected chi connectivity index (χ0v) is 17.0. The molecule has 0 spiro atoms. The number of aromatic nitrogens is 2. The van der Waals surface area contributed by atoms with Crippen molar-refractivity contribution in [2.24, 2.45) is 0 Å². The molecule has 0 fully saturated rings. The van der Waals surface area contributed by atoms with Gasteiger partial charge in [-0.05, 0) is 37.8 Å². The molecule has 1 aliphatic carbocycles. The summed E-state index contributed by atoms with van der Waals surface area (Å²) in [5, 5.41) is 22.8. The monoisotopic (exact) mass is 442 g/mol. The van der Waals surface area contributed by atoms with Crippen LogP contribution in [0, 0.1) is 0 Å². The molecule has 0 atom stereocenters. The Hall–Kier alpha value is -2.62. The van der Waals surface area contributed by atoms with E-state index >= 15 is 0 Å². The number of aryl methyl sites for hydroxylation is 1. The minimum Gasteiger partial charge on any atom is -0.481 e. The largest absolute Gasteiger partial charge is 0.505 e. The molecule has 0 bridgehead atoms. The number of halogens is 3. The Morgan fingerprint density at radius 3 is 2.43 bits per heavy atom. The Kier molecular flexibility index (Phi) is 6.07. The van der Waals surface area contributed by atoms with Crippen LogP contribution in [-0.4, -0.2) is 31.9 Å². The van der Waals surface area contributed by atoms with E-state index in [1.165, 1.54) is 11.3 Å². The van der Waals surface area contributed by atoms with E-state index in [1.54, 1.807) is 24.3 Å². The van der Waals surface area contributed by atoms with Crippen LogP contribution in [0.1, 0.15) is 64.1 Å². The van der Waals surface area contributed by atoms with Gasteiger partial charge in [-0.1, -0.05) is 25.5 Å². The highest BCUT2D eigenvalue weighted by Gasteiger charge is 2.42. The van der Waals surface area contributed by atoms with Gasteiger partial charge in [-0.25, -0.2) is 4.79 Å². The number of hydrogen-bond acceptors (Lipinski definition) is 4. The maximum atomic E-state index is 13.4. The molecule has 0 saturated heterocycles. The molecule has 30 heavy (non-hydrogen) atoms. The topological polar surface area (TPSA) is 92.4 Å². The third-order valence-electron chi connectivity index (χ3n) is 5.27. The lowest BCUT2D eigenvalue weighted by Gasteiger charge is -2.22. The number of carbonyl (C=O) groups is 2. The Labute approximate surface area is 174 Å². The second-order valence-electron chi connectivity index (χ2n) is 7.27. The highest BCUT2D eigenvalue weighted by molar-refractivity contribution is 7.12. The molecule has 162 valence electrons. The number of alkyl halides is 3. The molecule has 2 N–H and O–H groups in total. The number of aliphatic carboxylic acids is 1. The molecule has 6 nitrogen and oxygen atoms in total. The second kappa shape index (κ2) is 8.25. The zero-order valence-electron chi connectivity index (χ0n) is 16.2. The summed E-state index contributed by atoms with van der Waals surface area (Å²) in [6, 6.07) is 3.32. The highest BCUT2D eigenvalue weighted by atomic mass is 32.1. The molecule has 0 unspecified atom stereocenters. The van der Waals surface area contributed by atoms with Crippen LogP contribution in [0.15, 0.2) is 24.3 Å². The van der Waals surface area contributed by atoms with E-state index in [0.29, 0.717) is 29.0 Å². The van der Waals surface area contributed by atoms with Crippen molar-refractivity contribution in [2.45, 2.75) is 57.2 Å². The first-order valence-electron chi connectivity index (χ1n) is 9.49. The van der Waals surface area contributed by atoms with Gasteiger partial charge in [0.05, 0.1) is 5.69 Å². The fourth-order valence-corrected chi connectivity index (χ4v) is 4.89. The summed E-state index contributed by atoms with van der Waals surface area (Å²) in [5.74, 6) is -2.66. The first-order valence-corrected chi connectivity index (χ1v) is 10.3. The van der Waals surface area contributed by atoms with E-state index in [0.717, 1.165) is 6.42 Å². The molecule has 2 aromatic heterocycles. The fraction of sp³-hybridized carbons (Fsp3) is 0.450. The maximum Gasteiger partial charge on any atom is 0.505 e. The number of aromatic carboxylic acids is 1. The quantitative estimate of drug-likeness (QED) is 0.577. The minimum absolute atomic E-state index is 0.0237. The SMILES string of the molecule is CCCCc1nn(C(F)(F)F)c(C(=O)O)c1Cc1ccc(C2(C(=O)O)CC=CC2)s1. The average Bonchev–Trinajstić information content (AvgIpc) is 3.38.